The Balaban J connectivity index is 1.17. The number of hydrogen-bond acceptors (Lipinski definition) is 2. The minimum atomic E-state index is -0.656. The molecule has 0 saturated heterocycles. The van der Waals surface area contributed by atoms with Crippen LogP contribution in [0.5, 0.6) is 0 Å². The van der Waals surface area contributed by atoms with Gasteiger partial charge in [-0.15, -0.1) is 0 Å². The van der Waals surface area contributed by atoms with Gasteiger partial charge >= 0.3 is 5.97 Å². The molecule has 6 atom stereocenters. The highest BCUT2D eigenvalue weighted by Crippen LogP contribution is 2.67. The Morgan fingerprint density at radius 2 is 1.53 bits per heavy atom. The second-order valence-corrected chi connectivity index (χ2v) is 12.9. The predicted molar refractivity (Wildman–Crippen MR) is 139 cm³/mol. The zero-order valence-electron chi connectivity index (χ0n) is 22.1. The van der Waals surface area contributed by atoms with E-state index in [2.05, 4.69) is 13.8 Å². The van der Waals surface area contributed by atoms with Crippen LogP contribution < -0.4 is 0 Å². The van der Waals surface area contributed by atoms with Crippen LogP contribution in [-0.2, 0) is 9.59 Å². The summed E-state index contributed by atoms with van der Waals surface area (Å²) in [4.78, 5) is 22.6. The van der Waals surface area contributed by atoms with Crippen molar-refractivity contribution in [2.24, 2.45) is 34.5 Å². The van der Waals surface area contributed by atoms with E-state index in [1.54, 1.807) is 0 Å². The maximum atomic E-state index is 12.1. The van der Waals surface area contributed by atoms with Crippen LogP contribution in [0.15, 0.2) is 11.6 Å². The lowest BCUT2D eigenvalue weighted by atomic mass is 9.46. The van der Waals surface area contributed by atoms with Crippen LogP contribution in [-0.4, -0.2) is 16.9 Å². The Kier molecular flexibility index (Phi) is 8.62. The van der Waals surface area contributed by atoms with Crippen molar-refractivity contribution in [3.8, 4) is 0 Å². The first-order valence-corrected chi connectivity index (χ1v) is 14.8. The minimum absolute atomic E-state index is 0.312. The summed E-state index contributed by atoms with van der Waals surface area (Å²) in [6.45, 7) is 5.17. The normalized spacial score (nSPS) is 37.0. The van der Waals surface area contributed by atoms with Gasteiger partial charge in [-0.3, -0.25) is 9.59 Å². The molecule has 4 aliphatic rings. The molecule has 0 aromatic rings. The number of rotatable bonds is 12. The fraction of sp³-hybridized carbons (Fsp3) is 0.871. The summed E-state index contributed by atoms with van der Waals surface area (Å²) in [5.41, 5.74) is 2.38. The second kappa shape index (κ2) is 11.3. The first-order chi connectivity index (χ1) is 16.3. The Labute approximate surface area is 208 Å². The van der Waals surface area contributed by atoms with Crippen molar-refractivity contribution in [3.05, 3.63) is 11.6 Å². The van der Waals surface area contributed by atoms with Crippen molar-refractivity contribution in [1.82, 2.24) is 0 Å². The van der Waals surface area contributed by atoms with E-state index in [1.165, 1.54) is 95.5 Å². The molecule has 0 spiro atoms. The van der Waals surface area contributed by atoms with Gasteiger partial charge in [0.1, 0.15) is 0 Å². The van der Waals surface area contributed by atoms with E-state index in [1.807, 2.05) is 6.08 Å². The number of ketones is 1. The molecule has 0 bridgehead atoms. The number of carboxylic acids is 1. The zero-order valence-corrected chi connectivity index (χ0v) is 22.1. The summed E-state index contributed by atoms with van der Waals surface area (Å²) < 4.78 is 0. The number of hydrogen-bond donors (Lipinski definition) is 1. The number of unbranched alkanes of at least 4 members (excludes halogenated alkanes) is 8. The first-order valence-electron chi connectivity index (χ1n) is 14.8. The molecule has 3 saturated carbocycles. The third-order valence-corrected chi connectivity index (χ3v) is 11.1. The number of carbonyl (C=O) groups excluding carboxylic acids is 1. The standard InChI is InChI=1S/C31H50O3/c1-30-21-19-28-26(16-14-24-22-25(32)18-20-31(24,28)2)27(30)17-15-23(30)12-10-8-6-4-3-5-7-9-11-13-29(33)34/h22-23,26-28H,3-21H2,1-2H3,(H,33,34)/t23-,26?,27?,28?,30+,31-/m0/s1. The number of allylic oxidation sites excluding steroid dienone is 1. The summed E-state index contributed by atoms with van der Waals surface area (Å²) >= 11 is 0. The van der Waals surface area contributed by atoms with Crippen LogP contribution in [0.25, 0.3) is 0 Å². The fourth-order valence-corrected chi connectivity index (χ4v) is 9.05. The number of carboxylic acid groups (broad SMARTS) is 1. The van der Waals surface area contributed by atoms with Gasteiger partial charge in [0.05, 0.1) is 0 Å². The summed E-state index contributed by atoms with van der Waals surface area (Å²) in [5.74, 6) is 3.30. The Morgan fingerprint density at radius 1 is 0.853 bits per heavy atom. The van der Waals surface area contributed by atoms with Crippen LogP contribution in [0.4, 0.5) is 0 Å². The second-order valence-electron chi connectivity index (χ2n) is 12.9. The highest BCUT2D eigenvalue weighted by Gasteiger charge is 2.58. The maximum Gasteiger partial charge on any atom is 0.303 e. The molecule has 0 aromatic carbocycles. The van der Waals surface area contributed by atoms with Gasteiger partial charge in [-0.05, 0) is 98.4 Å². The van der Waals surface area contributed by atoms with Gasteiger partial charge in [0.2, 0.25) is 0 Å². The molecule has 0 aromatic heterocycles. The third kappa shape index (κ3) is 5.49. The quantitative estimate of drug-likeness (QED) is 0.291. The van der Waals surface area contributed by atoms with Crippen molar-refractivity contribution < 1.29 is 14.7 Å². The van der Waals surface area contributed by atoms with Gasteiger partial charge in [0.15, 0.2) is 5.78 Å². The molecular formula is C31H50O3. The predicted octanol–water partition coefficient (Wildman–Crippen LogP) is 8.51. The van der Waals surface area contributed by atoms with Crippen LogP contribution in [0.1, 0.15) is 136 Å². The third-order valence-electron chi connectivity index (χ3n) is 11.1. The number of carbonyl (C=O) groups is 2. The van der Waals surface area contributed by atoms with E-state index in [0.717, 1.165) is 49.4 Å². The summed E-state index contributed by atoms with van der Waals surface area (Å²) in [7, 11) is 0. The molecule has 0 heterocycles. The molecule has 34 heavy (non-hydrogen) atoms. The smallest absolute Gasteiger partial charge is 0.303 e. The van der Waals surface area contributed by atoms with Gasteiger partial charge in [-0.2, -0.15) is 0 Å². The first kappa shape index (κ1) is 26.0. The summed E-state index contributed by atoms with van der Waals surface area (Å²) in [6, 6.07) is 0. The van der Waals surface area contributed by atoms with Gasteiger partial charge in [-0.25, -0.2) is 0 Å². The van der Waals surface area contributed by atoms with E-state index >= 15 is 0 Å². The van der Waals surface area contributed by atoms with Crippen molar-refractivity contribution in [2.75, 3.05) is 0 Å². The molecule has 1 N–H and O–H groups in total. The summed E-state index contributed by atoms with van der Waals surface area (Å²) in [5, 5.41) is 8.69. The molecule has 0 aliphatic heterocycles. The molecular weight excluding hydrogens is 420 g/mol. The monoisotopic (exact) mass is 470 g/mol. The Bertz CT molecular complexity index is 754. The van der Waals surface area contributed by atoms with Crippen molar-refractivity contribution in [3.63, 3.8) is 0 Å². The van der Waals surface area contributed by atoms with Crippen molar-refractivity contribution in [1.29, 1.82) is 0 Å². The molecule has 3 fully saturated rings. The average Bonchev–Trinajstić information content (AvgIpc) is 3.14. The van der Waals surface area contributed by atoms with Gasteiger partial charge in [0.25, 0.3) is 0 Å². The Hall–Kier alpha value is -1.12. The number of fused-ring (bicyclic) bond motifs is 5. The topological polar surface area (TPSA) is 54.4 Å². The highest BCUT2D eigenvalue weighted by molar-refractivity contribution is 5.91. The van der Waals surface area contributed by atoms with Gasteiger partial charge < -0.3 is 5.11 Å². The molecule has 192 valence electrons. The summed E-state index contributed by atoms with van der Waals surface area (Å²) in [6.07, 6.45) is 25.2. The van der Waals surface area contributed by atoms with Crippen LogP contribution >= 0.6 is 0 Å². The van der Waals surface area contributed by atoms with Gasteiger partial charge in [-0.1, -0.05) is 70.8 Å². The molecule has 0 amide bonds. The molecule has 3 heteroatoms. The van der Waals surface area contributed by atoms with E-state index in [0.29, 0.717) is 23.0 Å². The molecule has 3 unspecified atom stereocenters. The molecule has 0 radical (unpaired) electrons. The van der Waals surface area contributed by atoms with Crippen LogP contribution in [0.3, 0.4) is 0 Å². The van der Waals surface area contributed by atoms with Crippen molar-refractivity contribution >= 4 is 11.8 Å². The van der Waals surface area contributed by atoms with Crippen LogP contribution in [0.2, 0.25) is 0 Å². The Morgan fingerprint density at radius 3 is 2.24 bits per heavy atom. The van der Waals surface area contributed by atoms with E-state index in [-0.39, 0.29) is 0 Å². The average molecular weight is 471 g/mol. The van der Waals surface area contributed by atoms with Crippen molar-refractivity contribution in [2.45, 2.75) is 136 Å². The largest absolute Gasteiger partial charge is 0.481 e. The van der Waals surface area contributed by atoms with E-state index in [9.17, 15) is 9.59 Å². The highest BCUT2D eigenvalue weighted by atomic mass is 16.4. The van der Waals surface area contributed by atoms with Crippen LogP contribution in [0, 0.1) is 34.5 Å². The number of aliphatic carboxylic acids is 1. The minimum Gasteiger partial charge on any atom is -0.481 e. The molecule has 3 nitrogen and oxygen atoms in total. The van der Waals surface area contributed by atoms with E-state index < -0.39 is 5.97 Å². The van der Waals surface area contributed by atoms with E-state index in [4.69, 9.17) is 5.11 Å². The molecule has 4 rings (SSSR count). The van der Waals surface area contributed by atoms with Gasteiger partial charge in [0, 0.05) is 12.8 Å². The molecule has 4 aliphatic carbocycles. The zero-order chi connectivity index (χ0) is 24.2. The maximum absolute atomic E-state index is 12.1. The lowest BCUT2D eigenvalue weighted by molar-refractivity contribution is -0.137. The SMILES string of the molecule is C[C@]12CCC(=O)C=C1CCC1C2CC[C@@]2(C)C1CC[C@@H]2CCCCCCCCCCCC(=O)O. The fourth-order valence-electron chi connectivity index (χ4n) is 9.05. The lowest BCUT2D eigenvalue weighted by Crippen LogP contribution is -2.50. The lowest BCUT2D eigenvalue weighted by Gasteiger charge is -2.58.